The average molecular weight is 339 g/mol. The summed E-state index contributed by atoms with van der Waals surface area (Å²) in [5.74, 6) is 0.863. The number of hydrogen-bond acceptors (Lipinski definition) is 4. The zero-order valence-electron chi connectivity index (χ0n) is 11.4. The quantitative estimate of drug-likeness (QED) is 0.820. The fourth-order valence-electron chi connectivity index (χ4n) is 2.04. The predicted molar refractivity (Wildman–Crippen MR) is 86.3 cm³/mol. The van der Waals surface area contributed by atoms with Crippen molar-refractivity contribution < 1.29 is 14.3 Å². The van der Waals surface area contributed by atoms with Crippen LogP contribution in [0.1, 0.15) is 10.4 Å². The molecule has 0 saturated heterocycles. The van der Waals surface area contributed by atoms with E-state index >= 15 is 0 Å². The van der Waals surface area contributed by atoms with Crippen LogP contribution in [0.2, 0.25) is 10.0 Å². The maximum Gasteiger partial charge on any atom is 0.255 e. The number of benzene rings is 2. The van der Waals surface area contributed by atoms with E-state index in [1.54, 1.807) is 30.3 Å². The van der Waals surface area contributed by atoms with Gasteiger partial charge in [0.2, 0.25) is 0 Å². The van der Waals surface area contributed by atoms with Crippen molar-refractivity contribution in [1.29, 1.82) is 0 Å². The molecule has 0 aromatic heterocycles. The summed E-state index contributed by atoms with van der Waals surface area (Å²) in [5.41, 5.74) is 6.84. The Bertz CT molecular complexity index is 727. The minimum atomic E-state index is -0.311. The highest BCUT2D eigenvalue weighted by molar-refractivity contribution is 6.39. The number of ether oxygens (including phenoxy) is 2. The van der Waals surface area contributed by atoms with Crippen molar-refractivity contribution in [2.24, 2.45) is 0 Å². The molecule has 0 bridgehead atoms. The Labute approximate surface area is 136 Å². The Morgan fingerprint density at radius 3 is 2.36 bits per heavy atom. The number of anilines is 2. The molecule has 114 valence electrons. The first-order valence-corrected chi connectivity index (χ1v) is 7.26. The summed E-state index contributed by atoms with van der Waals surface area (Å²) in [6.45, 7) is 0.961. The molecule has 0 unspecified atom stereocenters. The second-order valence-corrected chi connectivity index (χ2v) is 5.48. The largest absolute Gasteiger partial charge is 0.486 e. The van der Waals surface area contributed by atoms with Gasteiger partial charge in [-0.25, -0.2) is 0 Å². The van der Waals surface area contributed by atoms with E-state index in [0.717, 1.165) is 0 Å². The lowest BCUT2D eigenvalue weighted by Crippen LogP contribution is -2.17. The van der Waals surface area contributed by atoms with E-state index in [0.29, 0.717) is 36.0 Å². The molecule has 1 heterocycles. The minimum Gasteiger partial charge on any atom is -0.486 e. The number of nitrogen functional groups attached to an aromatic ring is 1. The van der Waals surface area contributed by atoms with Crippen LogP contribution in [0.15, 0.2) is 30.3 Å². The van der Waals surface area contributed by atoms with Gasteiger partial charge in [0, 0.05) is 11.3 Å². The van der Waals surface area contributed by atoms with Gasteiger partial charge in [0.15, 0.2) is 11.5 Å². The average Bonchev–Trinajstić information content (AvgIpc) is 2.52. The second-order valence-electron chi connectivity index (χ2n) is 4.67. The molecule has 1 amide bonds. The third kappa shape index (κ3) is 2.91. The molecule has 7 heteroatoms. The van der Waals surface area contributed by atoms with Gasteiger partial charge in [-0.2, -0.15) is 0 Å². The minimum absolute atomic E-state index is 0.278. The summed E-state index contributed by atoms with van der Waals surface area (Å²) in [4.78, 5) is 12.3. The number of nitrogens with two attached hydrogens (primary N) is 1. The first kappa shape index (κ1) is 14.8. The number of fused-ring (bicyclic) bond motifs is 1. The Morgan fingerprint density at radius 1 is 1.05 bits per heavy atom. The van der Waals surface area contributed by atoms with Gasteiger partial charge in [0.1, 0.15) is 13.2 Å². The van der Waals surface area contributed by atoms with Crippen LogP contribution in [-0.2, 0) is 0 Å². The van der Waals surface area contributed by atoms with Crippen LogP contribution in [0.4, 0.5) is 11.4 Å². The fourth-order valence-corrected chi connectivity index (χ4v) is 2.53. The summed E-state index contributed by atoms with van der Waals surface area (Å²) in [7, 11) is 0. The Hall–Kier alpha value is -2.11. The normalized spacial score (nSPS) is 12.8. The monoisotopic (exact) mass is 338 g/mol. The van der Waals surface area contributed by atoms with Crippen molar-refractivity contribution in [3.63, 3.8) is 0 Å². The number of halogens is 2. The molecule has 1 aliphatic rings. The van der Waals surface area contributed by atoms with Crippen LogP contribution in [-0.4, -0.2) is 19.1 Å². The highest BCUT2D eigenvalue weighted by atomic mass is 35.5. The lowest BCUT2D eigenvalue weighted by molar-refractivity contribution is 0.102. The van der Waals surface area contributed by atoms with Gasteiger partial charge < -0.3 is 20.5 Å². The van der Waals surface area contributed by atoms with Crippen molar-refractivity contribution in [2.75, 3.05) is 24.3 Å². The fraction of sp³-hybridized carbons (Fsp3) is 0.133. The lowest BCUT2D eigenvalue weighted by atomic mass is 10.1. The van der Waals surface area contributed by atoms with Crippen LogP contribution >= 0.6 is 23.2 Å². The molecule has 0 radical (unpaired) electrons. The SMILES string of the molecule is Nc1c(Cl)cc(NC(=O)c2ccc3c(c2)OCCO3)cc1Cl. The van der Waals surface area contributed by atoms with Crippen LogP contribution in [0.5, 0.6) is 11.5 Å². The van der Waals surface area contributed by atoms with Gasteiger partial charge in [-0.1, -0.05) is 23.2 Å². The molecule has 0 aliphatic carbocycles. The number of carbonyl (C=O) groups is 1. The van der Waals surface area contributed by atoms with Gasteiger partial charge in [0.25, 0.3) is 5.91 Å². The maximum atomic E-state index is 12.3. The van der Waals surface area contributed by atoms with Crippen LogP contribution in [0.3, 0.4) is 0 Å². The smallest absolute Gasteiger partial charge is 0.255 e. The summed E-state index contributed by atoms with van der Waals surface area (Å²) in [6.07, 6.45) is 0. The molecule has 0 fully saturated rings. The van der Waals surface area contributed by atoms with Gasteiger partial charge in [0.05, 0.1) is 15.7 Å². The first-order valence-electron chi connectivity index (χ1n) is 6.50. The lowest BCUT2D eigenvalue weighted by Gasteiger charge is -2.18. The molecular weight excluding hydrogens is 327 g/mol. The third-order valence-electron chi connectivity index (χ3n) is 3.14. The zero-order chi connectivity index (χ0) is 15.7. The molecule has 0 atom stereocenters. The topological polar surface area (TPSA) is 73.6 Å². The van der Waals surface area contributed by atoms with Gasteiger partial charge in [-0.15, -0.1) is 0 Å². The van der Waals surface area contributed by atoms with Crippen molar-refractivity contribution in [3.05, 3.63) is 45.9 Å². The van der Waals surface area contributed by atoms with E-state index in [9.17, 15) is 4.79 Å². The van der Waals surface area contributed by atoms with E-state index in [1.165, 1.54) is 0 Å². The van der Waals surface area contributed by atoms with E-state index in [4.69, 9.17) is 38.4 Å². The number of nitrogens with one attached hydrogen (secondary N) is 1. The zero-order valence-corrected chi connectivity index (χ0v) is 12.9. The number of carbonyl (C=O) groups excluding carboxylic acids is 1. The van der Waals surface area contributed by atoms with E-state index < -0.39 is 0 Å². The maximum absolute atomic E-state index is 12.3. The molecule has 0 spiro atoms. The summed E-state index contributed by atoms with van der Waals surface area (Å²) in [6, 6.07) is 8.07. The molecule has 2 aromatic rings. The molecule has 2 aromatic carbocycles. The van der Waals surface area contributed by atoms with Crippen molar-refractivity contribution >= 4 is 40.5 Å². The van der Waals surface area contributed by atoms with E-state index in [-0.39, 0.29) is 21.6 Å². The van der Waals surface area contributed by atoms with Crippen LogP contribution < -0.4 is 20.5 Å². The van der Waals surface area contributed by atoms with Crippen molar-refractivity contribution in [2.45, 2.75) is 0 Å². The second kappa shape index (κ2) is 5.94. The summed E-state index contributed by atoms with van der Waals surface area (Å²) in [5, 5.41) is 3.28. The summed E-state index contributed by atoms with van der Waals surface area (Å²) >= 11 is 11.9. The van der Waals surface area contributed by atoms with E-state index in [1.807, 2.05) is 0 Å². The Morgan fingerprint density at radius 2 is 1.68 bits per heavy atom. The van der Waals surface area contributed by atoms with Crippen molar-refractivity contribution in [1.82, 2.24) is 0 Å². The van der Waals surface area contributed by atoms with Crippen molar-refractivity contribution in [3.8, 4) is 11.5 Å². The molecular formula is C15H12Cl2N2O3. The van der Waals surface area contributed by atoms with Gasteiger partial charge >= 0.3 is 0 Å². The molecule has 1 aliphatic heterocycles. The molecule has 3 rings (SSSR count). The summed E-state index contributed by atoms with van der Waals surface area (Å²) < 4.78 is 10.9. The standard InChI is InChI=1S/C15H12Cl2N2O3/c16-10-6-9(7-11(17)14(10)18)19-15(20)8-1-2-12-13(5-8)22-4-3-21-12/h1-2,5-7H,3-4,18H2,(H,19,20). The number of hydrogen-bond donors (Lipinski definition) is 2. The highest BCUT2D eigenvalue weighted by Crippen LogP contribution is 2.33. The molecule has 22 heavy (non-hydrogen) atoms. The third-order valence-corrected chi connectivity index (χ3v) is 3.77. The van der Waals surface area contributed by atoms with Crippen LogP contribution in [0, 0.1) is 0 Å². The highest BCUT2D eigenvalue weighted by Gasteiger charge is 2.15. The van der Waals surface area contributed by atoms with E-state index in [2.05, 4.69) is 5.32 Å². The van der Waals surface area contributed by atoms with Gasteiger partial charge in [-0.3, -0.25) is 4.79 Å². The molecule has 3 N–H and O–H groups in total. The molecule has 5 nitrogen and oxygen atoms in total. The Kier molecular flexibility index (Phi) is 4.00. The molecule has 0 saturated carbocycles. The first-order chi connectivity index (χ1) is 10.5. The number of rotatable bonds is 2. The predicted octanol–water partition coefficient (Wildman–Crippen LogP) is 3.60. The van der Waals surface area contributed by atoms with Gasteiger partial charge in [-0.05, 0) is 30.3 Å². The van der Waals surface area contributed by atoms with Crippen LogP contribution in [0.25, 0.3) is 0 Å². The number of amides is 1. The Balaban J connectivity index is 1.83.